The van der Waals surface area contributed by atoms with E-state index in [0.717, 1.165) is 25.9 Å². The second-order valence-electron chi connectivity index (χ2n) is 7.48. The quantitative estimate of drug-likeness (QED) is 0.899. The maximum absolute atomic E-state index is 12.4. The van der Waals surface area contributed by atoms with Gasteiger partial charge in [-0.1, -0.05) is 12.1 Å². The number of carbonyl (C=O) groups is 1. The maximum Gasteiger partial charge on any atom is 0.317 e. The summed E-state index contributed by atoms with van der Waals surface area (Å²) in [6.07, 6.45) is 6.67. The predicted octanol–water partition coefficient (Wildman–Crippen LogP) is 2.90. The highest BCUT2D eigenvalue weighted by Crippen LogP contribution is 2.21. The lowest BCUT2D eigenvalue weighted by molar-refractivity contribution is 0.199. The van der Waals surface area contributed by atoms with E-state index in [9.17, 15) is 4.79 Å². The summed E-state index contributed by atoms with van der Waals surface area (Å²) in [6.45, 7) is 6.98. The fourth-order valence-corrected chi connectivity index (χ4v) is 4.25. The van der Waals surface area contributed by atoms with Gasteiger partial charge in [0, 0.05) is 42.8 Å². The summed E-state index contributed by atoms with van der Waals surface area (Å²) in [4.78, 5) is 20.3. The zero-order valence-electron chi connectivity index (χ0n) is 15.1. The molecule has 1 aromatic carbocycles. The van der Waals surface area contributed by atoms with Crippen molar-refractivity contribution in [3.63, 3.8) is 0 Å². The van der Waals surface area contributed by atoms with Crippen molar-refractivity contribution in [2.24, 2.45) is 0 Å². The molecule has 1 aromatic heterocycles. The average molecular weight is 340 g/mol. The number of aromatic nitrogens is 1. The second kappa shape index (κ2) is 7.08. The molecule has 5 heteroatoms. The van der Waals surface area contributed by atoms with Crippen molar-refractivity contribution in [3.8, 4) is 0 Å². The molecular formula is C20H28N4O. The van der Waals surface area contributed by atoms with E-state index in [1.807, 2.05) is 4.90 Å². The first-order valence-electron chi connectivity index (χ1n) is 9.54. The number of aryl methyl sites for hydroxylation is 1. The lowest BCUT2D eigenvalue weighted by Gasteiger charge is -2.23. The van der Waals surface area contributed by atoms with Crippen molar-refractivity contribution in [1.82, 2.24) is 20.1 Å². The Bertz CT molecular complexity index is 747. The molecule has 2 aromatic rings. The molecule has 0 bridgehead atoms. The summed E-state index contributed by atoms with van der Waals surface area (Å²) in [7, 11) is 0. The molecule has 3 heterocycles. The summed E-state index contributed by atoms with van der Waals surface area (Å²) in [5.41, 5.74) is 3.71. The highest BCUT2D eigenvalue weighted by Gasteiger charge is 2.31. The number of nitrogens with one attached hydrogen (secondary N) is 2. The van der Waals surface area contributed by atoms with E-state index in [4.69, 9.17) is 0 Å². The smallest absolute Gasteiger partial charge is 0.317 e. The van der Waals surface area contributed by atoms with Gasteiger partial charge in [-0.3, -0.25) is 4.90 Å². The van der Waals surface area contributed by atoms with Gasteiger partial charge in [-0.15, -0.1) is 0 Å². The predicted molar refractivity (Wildman–Crippen MR) is 101 cm³/mol. The summed E-state index contributed by atoms with van der Waals surface area (Å²) in [5, 5.41) is 4.36. The van der Waals surface area contributed by atoms with E-state index in [0.29, 0.717) is 12.6 Å². The van der Waals surface area contributed by atoms with Crippen LogP contribution in [-0.4, -0.2) is 59.6 Å². The standard InChI is InChI=1S/C20H28N4O/c1-15-4-5-18-16(13-22-19(18)12-15)6-8-21-20(25)24-11-7-17(14-24)23-9-2-3-10-23/h4-5,12-13,17,22H,2-3,6-11,14H2,1H3,(H,21,25)/t17-/m0/s1. The van der Waals surface area contributed by atoms with Crippen LogP contribution in [0.1, 0.15) is 30.4 Å². The molecule has 2 saturated heterocycles. The molecule has 0 saturated carbocycles. The van der Waals surface area contributed by atoms with E-state index < -0.39 is 0 Å². The summed E-state index contributed by atoms with van der Waals surface area (Å²) >= 11 is 0. The Labute approximate surface area is 149 Å². The number of aromatic amines is 1. The fourth-order valence-electron chi connectivity index (χ4n) is 4.25. The van der Waals surface area contributed by atoms with E-state index in [2.05, 4.69) is 46.5 Å². The molecule has 2 aliphatic rings. The van der Waals surface area contributed by atoms with Gasteiger partial charge in [0.1, 0.15) is 0 Å². The minimum absolute atomic E-state index is 0.0948. The number of benzene rings is 1. The highest BCUT2D eigenvalue weighted by atomic mass is 16.2. The Morgan fingerprint density at radius 3 is 2.96 bits per heavy atom. The number of hydrogen-bond acceptors (Lipinski definition) is 2. The van der Waals surface area contributed by atoms with Gasteiger partial charge in [0.05, 0.1) is 0 Å². The number of nitrogens with zero attached hydrogens (tertiary/aromatic N) is 2. The molecule has 2 aliphatic heterocycles. The Kier molecular flexibility index (Phi) is 4.66. The first-order valence-corrected chi connectivity index (χ1v) is 9.54. The molecule has 5 nitrogen and oxygen atoms in total. The summed E-state index contributed by atoms with van der Waals surface area (Å²) in [5.74, 6) is 0. The molecule has 134 valence electrons. The average Bonchev–Trinajstić information content (AvgIpc) is 3.35. The first-order chi connectivity index (χ1) is 12.2. The summed E-state index contributed by atoms with van der Waals surface area (Å²) < 4.78 is 0. The van der Waals surface area contributed by atoms with E-state index in [1.165, 1.54) is 48.0 Å². The minimum atomic E-state index is 0.0948. The van der Waals surface area contributed by atoms with Crippen LogP contribution in [0, 0.1) is 6.92 Å². The first kappa shape index (κ1) is 16.5. The number of likely N-dealkylation sites (tertiary alicyclic amines) is 2. The fraction of sp³-hybridized carbons (Fsp3) is 0.550. The highest BCUT2D eigenvalue weighted by molar-refractivity contribution is 5.84. The van der Waals surface area contributed by atoms with Crippen LogP contribution >= 0.6 is 0 Å². The number of carbonyl (C=O) groups excluding carboxylic acids is 1. The van der Waals surface area contributed by atoms with Crippen LogP contribution in [0.3, 0.4) is 0 Å². The van der Waals surface area contributed by atoms with Gasteiger partial charge in [-0.05, 0) is 62.9 Å². The number of amides is 2. The van der Waals surface area contributed by atoms with E-state index in [1.54, 1.807) is 0 Å². The summed E-state index contributed by atoms with van der Waals surface area (Å²) in [6, 6.07) is 7.14. The molecular weight excluding hydrogens is 312 g/mol. The van der Waals surface area contributed by atoms with Crippen LogP contribution < -0.4 is 5.32 Å². The number of H-pyrrole nitrogens is 1. The molecule has 0 radical (unpaired) electrons. The van der Waals surface area contributed by atoms with Crippen LogP contribution in [0.25, 0.3) is 10.9 Å². The minimum Gasteiger partial charge on any atom is -0.361 e. The molecule has 4 rings (SSSR count). The van der Waals surface area contributed by atoms with Crippen molar-refractivity contribution >= 4 is 16.9 Å². The molecule has 2 fully saturated rings. The number of fused-ring (bicyclic) bond motifs is 1. The van der Waals surface area contributed by atoms with Crippen molar-refractivity contribution in [2.45, 2.75) is 38.6 Å². The van der Waals surface area contributed by atoms with E-state index in [-0.39, 0.29) is 6.03 Å². The van der Waals surface area contributed by atoms with Crippen molar-refractivity contribution in [3.05, 3.63) is 35.5 Å². The molecule has 0 unspecified atom stereocenters. The Hall–Kier alpha value is -2.01. The second-order valence-corrected chi connectivity index (χ2v) is 7.48. The molecule has 25 heavy (non-hydrogen) atoms. The Morgan fingerprint density at radius 1 is 1.28 bits per heavy atom. The lowest BCUT2D eigenvalue weighted by Crippen LogP contribution is -2.42. The number of hydrogen-bond donors (Lipinski definition) is 2. The largest absolute Gasteiger partial charge is 0.361 e. The Balaban J connectivity index is 1.27. The number of rotatable bonds is 4. The van der Waals surface area contributed by atoms with Crippen molar-refractivity contribution in [1.29, 1.82) is 0 Å². The van der Waals surface area contributed by atoms with Gasteiger partial charge in [-0.2, -0.15) is 0 Å². The normalized spacial score (nSPS) is 21.3. The lowest BCUT2D eigenvalue weighted by atomic mass is 10.1. The zero-order valence-corrected chi connectivity index (χ0v) is 15.1. The zero-order chi connectivity index (χ0) is 17.2. The van der Waals surface area contributed by atoms with Crippen LogP contribution in [0.2, 0.25) is 0 Å². The maximum atomic E-state index is 12.4. The third kappa shape index (κ3) is 3.52. The third-order valence-electron chi connectivity index (χ3n) is 5.70. The van der Waals surface area contributed by atoms with Gasteiger partial charge in [-0.25, -0.2) is 4.79 Å². The van der Waals surface area contributed by atoms with Crippen molar-refractivity contribution in [2.75, 3.05) is 32.7 Å². The molecule has 1 atom stereocenters. The van der Waals surface area contributed by atoms with Crippen LogP contribution in [0.4, 0.5) is 4.79 Å². The van der Waals surface area contributed by atoms with Gasteiger partial charge < -0.3 is 15.2 Å². The molecule has 2 N–H and O–H groups in total. The van der Waals surface area contributed by atoms with Gasteiger partial charge in [0.15, 0.2) is 0 Å². The van der Waals surface area contributed by atoms with Crippen LogP contribution in [-0.2, 0) is 6.42 Å². The molecule has 0 spiro atoms. The van der Waals surface area contributed by atoms with Crippen LogP contribution in [0.5, 0.6) is 0 Å². The van der Waals surface area contributed by atoms with Gasteiger partial charge in [0.25, 0.3) is 0 Å². The molecule has 0 aliphatic carbocycles. The van der Waals surface area contributed by atoms with E-state index >= 15 is 0 Å². The third-order valence-corrected chi connectivity index (χ3v) is 5.70. The SMILES string of the molecule is Cc1ccc2c(CCNC(=O)N3CC[C@H](N4CCCC4)C3)c[nH]c2c1. The van der Waals surface area contributed by atoms with Gasteiger partial charge in [0.2, 0.25) is 0 Å². The van der Waals surface area contributed by atoms with Crippen molar-refractivity contribution < 1.29 is 4.79 Å². The topological polar surface area (TPSA) is 51.4 Å². The van der Waals surface area contributed by atoms with Gasteiger partial charge >= 0.3 is 6.03 Å². The Morgan fingerprint density at radius 2 is 2.12 bits per heavy atom. The monoisotopic (exact) mass is 340 g/mol. The van der Waals surface area contributed by atoms with Crippen LogP contribution in [0.15, 0.2) is 24.4 Å². The number of urea groups is 1. The molecule has 2 amide bonds.